The van der Waals surface area contributed by atoms with Crippen molar-refractivity contribution >= 4 is 44.6 Å². The van der Waals surface area contributed by atoms with Gasteiger partial charge in [-0.25, -0.2) is 4.39 Å². The molecule has 6 heteroatoms. The fourth-order valence-corrected chi connectivity index (χ4v) is 3.59. The summed E-state index contributed by atoms with van der Waals surface area (Å²) in [6.07, 6.45) is 0.667. The van der Waals surface area contributed by atoms with Crippen LogP contribution in [0.3, 0.4) is 0 Å². The third-order valence-corrected chi connectivity index (χ3v) is 4.68. The van der Waals surface area contributed by atoms with Crippen molar-refractivity contribution in [1.29, 1.82) is 0 Å². The smallest absolute Gasteiger partial charge is 0.299 e. The van der Waals surface area contributed by atoms with E-state index in [-0.39, 0.29) is 5.56 Å². The van der Waals surface area contributed by atoms with E-state index in [0.717, 1.165) is 10.9 Å². The summed E-state index contributed by atoms with van der Waals surface area (Å²) in [6.45, 7) is 0.405. The largest absolute Gasteiger partial charge is 0.303 e. The van der Waals surface area contributed by atoms with Gasteiger partial charge >= 0.3 is 0 Å². The number of carbonyl (C=O) groups excluding carboxylic acids is 2. The van der Waals surface area contributed by atoms with Crippen LogP contribution >= 0.6 is 27.3 Å². The molecular formula is C14H9BrFNO2S. The molecule has 1 aliphatic heterocycles. The molecule has 1 aliphatic rings. The van der Waals surface area contributed by atoms with Crippen LogP contribution in [0.25, 0.3) is 0 Å². The lowest BCUT2D eigenvalue weighted by Crippen LogP contribution is -2.31. The molecule has 0 bridgehead atoms. The Morgan fingerprint density at radius 2 is 2.10 bits per heavy atom. The number of fused-ring (bicyclic) bond motifs is 1. The van der Waals surface area contributed by atoms with Gasteiger partial charge in [0, 0.05) is 15.9 Å². The van der Waals surface area contributed by atoms with Gasteiger partial charge < -0.3 is 4.90 Å². The molecule has 1 aromatic carbocycles. The molecule has 0 atom stereocenters. The monoisotopic (exact) mass is 353 g/mol. The van der Waals surface area contributed by atoms with E-state index in [1.807, 2.05) is 17.5 Å². The van der Waals surface area contributed by atoms with Crippen molar-refractivity contribution in [1.82, 2.24) is 0 Å². The van der Waals surface area contributed by atoms with Gasteiger partial charge in [0.05, 0.1) is 11.3 Å². The maximum atomic E-state index is 13.3. The summed E-state index contributed by atoms with van der Waals surface area (Å²) in [5, 5.41) is 1.96. The fourth-order valence-electron chi connectivity index (χ4n) is 2.24. The Morgan fingerprint density at radius 1 is 1.30 bits per heavy atom. The number of halogens is 2. The number of carbonyl (C=O) groups is 2. The molecule has 0 saturated heterocycles. The molecule has 20 heavy (non-hydrogen) atoms. The van der Waals surface area contributed by atoms with Crippen molar-refractivity contribution in [2.45, 2.75) is 6.42 Å². The molecule has 0 unspecified atom stereocenters. The summed E-state index contributed by atoms with van der Waals surface area (Å²) in [4.78, 5) is 26.5. The maximum Gasteiger partial charge on any atom is 0.299 e. The molecule has 0 N–H and O–H groups in total. The van der Waals surface area contributed by atoms with Crippen LogP contribution in [-0.4, -0.2) is 18.2 Å². The number of thiophene rings is 1. The number of Topliss-reactive ketones (excluding diaryl/α,β-unsaturated/α-hetero) is 1. The van der Waals surface area contributed by atoms with Crippen molar-refractivity contribution in [3.63, 3.8) is 0 Å². The lowest BCUT2D eigenvalue weighted by Gasteiger charge is -2.17. The van der Waals surface area contributed by atoms with Crippen LogP contribution < -0.4 is 4.90 Å². The first-order chi connectivity index (χ1) is 9.58. The average molecular weight is 354 g/mol. The standard InChI is InChI=1S/C14H9BrFNO2S/c15-11-7-8(16)6-10-12(11)17(14(19)13(10)18)4-3-9-2-1-5-20-9/h1-2,5-7H,3-4H2. The van der Waals surface area contributed by atoms with Gasteiger partial charge in [-0.15, -0.1) is 11.3 Å². The molecule has 102 valence electrons. The third kappa shape index (κ3) is 2.19. The van der Waals surface area contributed by atoms with Crippen LogP contribution in [0, 0.1) is 5.82 Å². The van der Waals surface area contributed by atoms with E-state index in [4.69, 9.17) is 0 Å². The topological polar surface area (TPSA) is 37.4 Å². The number of hydrogen-bond acceptors (Lipinski definition) is 3. The Labute approximate surface area is 127 Å². The van der Waals surface area contributed by atoms with Crippen molar-refractivity contribution in [2.75, 3.05) is 11.4 Å². The lowest BCUT2D eigenvalue weighted by atomic mass is 10.1. The molecule has 2 heterocycles. The zero-order valence-corrected chi connectivity index (χ0v) is 12.6. The Balaban J connectivity index is 1.93. The van der Waals surface area contributed by atoms with E-state index in [0.29, 0.717) is 23.1 Å². The van der Waals surface area contributed by atoms with Crippen molar-refractivity contribution in [3.05, 3.63) is 50.4 Å². The van der Waals surface area contributed by atoms with E-state index in [1.54, 1.807) is 11.3 Å². The Morgan fingerprint density at radius 3 is 2.80 bits per heavy atom. The van der Waals surface area contributed by atoms with Gasteiger partial charge in [-0.3, -0.25) is 9.59 Å². The zero-order valence-electron chi connectivity index (χ0n) is 10.2. The lowest BCUT2D eigenvalue weighted by molar-refractivity contribution is -0.114. The number of ketones is 1. The molecule has 3 nitrogen and oxygen atoms in total. The van der Waals surface area contributed by atoms with Gasteiger partial charge in [0.2, 0.25) is 0 Å². The highest BCUT2D eigenvalue weighted by Crippen LogP contribution is 2.37. The number of anilines is 1. The average Bonchev–Trinajstić information content (AvgIpc) is 2.98. The molecular weight excluding hydrogens is 345 g/mol. The maximum absolute atomic E-state index is 13.3. The third-order valence-electron chi connectivity index (χ3n) is 3.14. The summed E-state index contributed by atoms with van der Waals surface area (Å²) in [6, 6.07) is 6.30. The van der Waals surface area contributed by atoms with Crippen molar-refractivity contribution in [3.8, 4) is 0 Å². The van der Waals surface area contributed by atoms with Crippen molar-refractivity contribution in [2.24, 2.45) is 0 Å². The molecule has 0 fully saturated rings. The van der Waals surface area contributed by atoms with Crippen LogP contribution in [0.1, 0.15) is 15.2 Å². The van der Waals surface area contributed by atoms with E-state index < -0.39 is 17.5 Å². The summed E-state index contributed by atoms with van der Waals surface area (Å²) in [7, 11) is 0. The highest BCUT2D eigenvalue weighted by atomic mass is 79.9. The van der Waals surface area contributed by atoms with Crippen LogP contribution in [-0.2, 0) is 11.2 Å². The van der Waals surface area contributed by atoms with Gasteiger partial charge in [-0.2, -0.15) is 0 Å². The van der Waals surface area contributed by atoms with Gasteiger partial charge in [0.15, 0.2) is 0 Å². The first-order valence-electron chi connectivity index (χ1n) is 5.95. The molecule has 0 aliphatic carbocycles. The molecule has 0 saturated carbocycles. The number of amides is 1. The summed E-state index contributed by atoms with van der Waals surface area (Å²) in [5.74, 6) is -1.77. The predicted octanol–water partition coefficient (Wildman–Crippen LogP) is 3.42. The number of hydrogen-bond donors (Lipinski definition) is 0. The van der Waals surface area contributed by atoms with Crippen molar-refractivity contribution < 1.29 is 14.0 Å². The highest BCUT2D eigenvalue weighted by molar-refractivity contribution is 9.10. The van der Waals surface area contributed by atoms with Gasteiger partial charge in [-0.05, 0) is 45.9 Å². The van der Waals surface area contributed by atoms with E-state index >= 15 is 0 Å². The highest BCUT2D eigenvalue weighted by Gasteiger charge is 2.37. The number of rotatable bonds is 3. The first-order valence-corrected chi connectivity index (χ1v) is 7.63. The van der Waals surface area contributed by atoms with E-state index in [2.05, 4.69) is 15.9 Å². The fraction of sp³-hybridized carbons (Fsp3) is 0.143. The van der Waals surface area contributed by atoms with Crippen LogP contribution in [0.2, 0.25) is 0 Å². The Kier molecular flexibility index (Phi) is 3.43. The Bertz CT molecular complexity index is 699. The van der Waals surface area contributed by atoms with Gasteiger partial charge in [0.1, 0.15) is 5.82 Å². The minimum absolute atomic E-state index is 0.132. The van der Waals surface area contributed by atoms with Crippen LogP contribution in [0.4, 0.5) is 10.1 Å². The molecule has 2 aromatic rings. The second kappa shape index (κ2) is 5.10. The second-order valence-electron chi connectivity index (χ2n) is 4.40. The first kappa shape index (κ1) is 13.5. The normalized spacial score (nSPS) is 14.0. The van der Waals surface area contributed by atoms with E-state index in [9.17, 15) is 14.0 Å². The molecule has 1 amide bonds. The molecule has 0 spiro atoms. The van der Waals surface area contributed by atoms with Gasteiger partial charge in [0.25, 0.3) is 11.7 Å². The quantitative estimate of drug-likeness (QED) is 0.792. The van der Waals surface area contributed by atoms with E-state index in [1.165, 1.54) is 11.0 Å². The summed E-state index contributed by atoms with van der Waals surface area (Å²) >= 11 is 4.83. The van der Waals surface area contributed by atoms with Gasteiger partial charge in [-0.1, -0.05) is 6.07 Å². The Hall–Kier alpha value is -1.53. The number of nitrogens with zero attached hydrogens (tertiary/aromatic N) is 1. The minimum atomic E-state index is -0.647. The second-order valence-corrected chi connectivity index (χ2v) is 6.29. The molecule has 0 radical (unpaired) electrons. The predicted molar refractivity (Wildman–Crippen MR) is 78.8 cm³/mol. The molecule has 3 rings (SSSR count). The minimum Gasteiger partial charge on any atom is -0.303 e. The van der Waals surface area contributed by atoms with Crippen LogP contribution in [0.5, 0.6) is 0 Å². The zero-order chi connectivity index (χ0) is 14.3. The van der Waals surface area contributed by atoms with Crippen LogP contribution in [0.15, 0.2) is 34.1 Å². The molecule has 1 aromatic heterocycles. The number of benzene rings is 1. The SMILES string of the molecule is O=C1C(=O)N(CCc2cccs2)c2c(Br)cc(F)cc21. The summed E-state index contributed by atoms with van der Waals surface area (Å²) < 4.78 is 13.8. The summed E-state index contributed by atoms with van der Waals surface area (Å²) in [5.41, 5.74) is 0.603.